The highest BCUT2D eigenvalue weighted by atomic mass is 16.1. The number of benzene rings is 1. The van der Waals surface area contributed by atoms with Gasteiger partial charge in [0.2, 0.25) is 5.91 Å². The van der Waals surface area contributed by atoms with Crippen LogP contribution >= 0.6 is 0 Å². The Morgan fingerprint density at radius 3 is 2.40 bits per heavy atom. The van der Waals surface area contributed by atoms with Gasteiger partial charge in [0.15, 0.2) is 0 Å². The van der Waals surface area contributed by atoms with Gasteiger partial charge in [0.25, 0.3) is 0 Å². The Balaban J connectivity index is 1.15. The van der Waals surface area contributed by atoms with Gasteiger partial charge in [0.05, 0.1) is 5.69 Å². The molecule has 4 saturated carbocycles. The Morgan fingerprint density at radius 1 is 1.07 bits per heavy atom. The number of aromatic nitrogens is 2. The molecule has 1 amide bonds. The summed E-state index contributed by atoms with van der Waals surface area (Å²) in [7, 11) is 0. The maximum absolute atomic E-state index is 12.9. The van der Waals surface area contributed by atoms with Gasteiger partial charge in [0, 0.05) is 30.1 Å². The molecule has 0 unspecified atom stereocenters. The van der Waals surface area contributed by atoms with Gasteiger partial charge in [0.1, 0.15) is 5.65 Å². The highest BCUT2D eigenvalue weighted by Gasteiger charge is 2.51. The van der Waals surface area contributed by atoms with E-state index in [1.807, 2.05) is 22.7 Å². The third-order valence-corrected chi connectivity index (χ3v) is 7.78. The minimum Gasteiger partial charge on any atom is -0.326 e. The van der Waals surface area contributed by atoms with E-state index in [-0.39, 0.29) is 11.3 Å². The molecule has 0 aliphatic heterocycles. The molecule has 1 aromatic carbocycles. The number of amides is 1. The number of carbonyl (C=O) groups is 1. The molecule has 2 heterocycles. The van der Waals surface area contributed by atoms with Crippen LogP contribution in [-0.2, 0) is 4.79 Å². The molecule has 2 aromatic heterocycles. The second kappa shape index (κ2) is 6.69. The summed E-state index contributed by atoms with van der Waals surface area (Å²) in [4.78, 5) is 17.6. The second-order valence-electron chi connectivity index (χ2n) is 10.3. The van der Waals surface area contributed by atoms with Gasteiger partial charge in [-0.3, -0.25) is 4.79 Å². The van der Waals surface area contributed by atoms with Crippen LogP contribution in [0.25, 0.3) is 16.9 Å². The highest BCUT2D eigenvalue weighted by molar-refractivity contribution is 5.91. The Hall–Kier alpha value is -2.62. The van der Waals surface area contributed by atoms with Gasteiger partial charge in [-0.2, -0.15) is 0 Å². The lowest BCUT2D eigenvalue weighted by Crippen LogP contribution is -2.47. The molecule has 4 heteroatoms. The average Bonchev–Trinajstić information content (AvgIpc) is 3.10. The van der Waals surface area contributed by atoms with E-state index in [1.54, 1.807) is 0 Å². The minimum atomic E-state index is 0.188. The number of anilines is 1. The van der Waals surface area contributed by atoms with Crippen LogP contribution in [0.15, 0.2) is 48.8 Å². The Kier molecular flexibility index (Phi) is 4.06. The van der Waals surface area contributed by atoms with Crippen LogP contribution in [0.2, 0.25) is 0 Å². The average molecular weight is 400 g/mol. The minimum absolute atomic E-state index is 0.188. The molecule has 1 N–H and O–H groups in total. The monoisotopic (exact) mass is 399 g/mol. The topological polar surface area (TPSA) is 46.4 Å². The first-order valence-corrected chi connectivity index (χ1v) is 11.4. The van der Waals surface area contributed by atoms with E-state index < -0.39 is 0 Å². The Bertz CT molecular complexity index is 1080. The van der Waals surface area contributed by atoms with E-state index in [9.17, 15) is 4.79 Å². The number of nitrogens with zero attached hydrogens (tertiary/aromatic N) is 2. The molecule has 30 heavy (non-hydrogen) atoms. The first-order chi connectivity index (χ1) is 14.5. The lowest BCUT2D eigenvalue weighted by Gasteiger charge is -2.56. The molecule has 4 nitrogen and oxygen atoms in total. The van der Waals surface area contributed by atoms with Crippen LogP contribution in [-0.4, -0.2) is 15.3 Å². The first kappa shape index (κ1) is 18.2. The van der Waals surface area contributed by atoms with Crippen molar-refractivity contribution in [2.45, 2.75) is 51.9 Å². The molecule has 0 radical (unpaired) electrons. The number of rotatable bonds is 4. The number of hydrogen-bond acceptors (Lipinski definition) is 2. The summed E-state index contributed by atoms with van der Waals surface area (Å²) in [5, 5.41) is 3.17. The van der Waals surface area contributed by atoms with Crippen molar-refractivity contribution in [2.75, 3.05) is 5.32 Å². The maximum Gasteiger partial charge on any atom is 0.224 e. The summed E-state index contributed by atoms with van der Waals surface area (Å²) in [5.74, 6) is 2.85. The smallest absolute Gasteiger partial charge is 0.224 e. The fourth-order valence-electron chi connectivity index (χ4n) is 7.00. The van der Waals surface area contributed by atoms with E-state index >= 15 is 0 Å². The number of aryl methyl sites for hydroxylation is 1. The van der Waals surface area contributed by atoms with Crippen molar-refractivity contribution in [2.24, 2.45) is 23.2 Å². The van der Waals surface area contributed by atoms with Gasteiger partial charge in [-0.15, -0.1) is 0 Å². The molecule has 0 atom stereocenters. The van der Waals surface area contributed by atoms with Crippen LogP contribution in [0.5, 0.6) is 0 Å². The van der Waals surface area contributed by atoms with Gasteiger partial charge >= 0.3 is 0 Å². The number of hydrogen-bond donors (Lipinski definition) is 1. The summed E-state index contributed by atoms with van der Waals surface area (Å²) in [5.41, 5.74) is 5.35. The third-order valence-electron chi connectivity index (χ3n) is 7.78. The van der Waals surface area contributed by atoms with E-state index in [4.69, 9.17) is 4.98 Å². The molecular weight excluding hydrogens is 370 g/mol. The molecule has 4 bridgehead atoms. The number of pyridine rings is 1. The van der Waals surface area contributed by atoms with Gasteiger partial charge in [-0.1, -0.05) is 12.1 Å². The zero-order chi connectivity index (χ0) is 20.3. The largest absolute Gasteiger partial charge is 0.326 e. The number of imidazole rings is 1. The molecule has 4 fully saturated rings. The molecule has 0 spiro atoms. The van der Waals surface area contributed by atoms with Crippen molar-refractivity contribution in [3.05, 3.63) is 54.4 Å². The predicted molar refractivity (Wildman–Crippen MR) is 119 cm³/mol. The zero-order valence-corrected chi connectivity index (χ0v) is 17.6. The summed E-state index contributed by atoms with van der Waals surface area (Å²) in [6, 6.07) is 12.3. The van der Waals surface area contributed by atoms with Crippen LogP contribution < -0.4 is 5.32 Å². The molecule has 0 saturated heterocycles. The van der Waals surface area contributed by atoms with Crippen LogP contribution in [0, 0.1) is 30.1 Å². The summed E-state index contributed by atoms with van der Waals surface area (Å²) in [6.07, 6.45) is 12.9. The third kappa shape index (κ3) is 3.23. The van der Waals surface area contributed by atoms with E-state index in [0.717, 1.165) is 40.3 Å². The maximum atomic E-state index is 12.9. The van der Waals surface area contributed by atoms with Gasteiger partial charge in [-0.05, 0) is 98.4 Å². The van der Waals surface area contributed by atoms with Crippen molar-refractivity contribution in [1.29, 1.82) is 0 Å². The molecular formula is C26H29N3O. The van der Waals surface area contributed by atoms with Crippen molar-refractivity contribution >= 4 is 17.2 Å². The number of fused-ring (bicyclic) bond motifs is 1. The fraction of sp³-hybridized carbons (Fsp3) is 0.462. The van der Waals surface area contributed by atoms with E-state index in [0.29, 0.717) is 6.42 Å². The predicted octanol–water partition coefficient (Wildman–Crippen LogP) is 5.85. The van der Waals surface area contributed by atoms with Crippen LogP contribution in [0.1, 0.15) is 50.5 Å². The normalized spacial score (nSPS) is 29.4. The summed E-state index contributed by atoms with van der Waals surface area (Å²) in [6.45, 7) is 2.08. The highest BCUT2D eigenvalue weighted by Crippen LogP contribution is 2.61. The number of carbonyl (C=O) groups excluding carboxylic acids is 1. The standard InChI is InChI=1S/C26H29N3O/c1-17-6-7-29-16-23(28-24(29)8-17)21-2-4-22(5-3-21)27-25(30)15-26-12-18-9-19(13-26)11-20(10-18)14-26/h2-8,16,18-20H,9-15H2,1H3,(H,27,30). The second-order valence-corrected chi connectivity index (χ2v) is 10.3. The molecule has 4 aliphatic rings. The van der Waals surface area contributed by atoms with Crippen LogP contribution in [0.4, 0.5) is 5.69 Å². The van der Waals surface area contributed by atoms with E-state index in [1.165, 1.54) is 44.1 Å². The van der Waals surface area contributed by atoms with Gasteiger partial charge in [-0.25, -0.2) is 4.98 Å². The molecule has 154 valence electrons. The van der Waals surface area contributed by atoms with Crippen molar-refractivity contribution in [3.8, 4) is 11.3 Å². The number of nitrogens with one attached hydrogen (secondary N) is 1. The lowest BCUT2D eigenvalue weighted by atomic mass is 9.49. The molecule has 4 aliphatic carbocycles. The van der Waals surface area contributed by atoms with Crippen molar-refractivity contribution < 1.29 is 4.79 Å². The van der Waals surface area contributed by atoms with Gasteiger partial charge < -0.3 is 9.72 Å². The van der Waals surface area contributed by atoms with Crippen LogP contribution in [0.3, 0.4) is 0 Å². The first-order valence-electron chi connectivity index (χ1n) is 11.4. The molecule has 7 rings (SSSR count). The van der Waals surface area contributed by atoms with Crippen molar-refractivity contribution in [1.82, 2.24) is 9.38 Å². The van der Waals surface area contributed by atoms with E-state index in [2.05, 4.69) is 42.7 Å². The summed E-state index contributed by atoms with van der Waals surface area (Å²) < 4.78 is 2.05. The Morgan fingerprint density at radius 2 is 1.73 bits per heavy atom. The SMILES string of the molecule is Cc1ccn2cc(-c3ccc(NC(=O)CC45CC6CC(CC(C6)C4)C5)cc3)nc2c1. The summed E-state index contributed by atoms with van der Waals surface area (Å²) >= 11 is 0. The quantitative estimate of drug-likeness (QED) is 0.598. The zero-order valence-electron chi connectivity index (χ0n) is 17.6. The Labute approximate surface area is 177 Å². The lowest BCUT2D eigenvalue weighted by molar-refractivity contribution is -0.124. The molecule has 3 aromatic rings. The van der Waals surface area contributed by atoms with Crippen molar-refractivity contribution in [3.63, 3.8) is 0 Å². The fourth-order valence-corrected chi connectivity index (χ4v) is 7.00.